The molecule has 0 radical (unpaired) electrons. The summed E-state index contributed by atoms with van der Waals surface area (Å²) in [7, 11) is 2.10. The Morgan fingerprint density at radius 3 is 2.81 bits per heavy atom. The molecule has 3 nitrogen and oxygen atoms in total. The van der Waals surface area contributed by atoms with Crippen LogP contribution in [0.2, 0.25) is 0 Å². The molecule has 1 amide bonds. The lowest BCUT2D eigenvalue weighted by Gasteiger charge is -2.30. The average Bonchev–Trinajstić information content (AvgIpc) is 2.45. The number of carbonyl (C=O) groups excluding carboxylic acids is 1. The van der Waals surface area contributed by atoms with E-state index in [1.165, 1.54) is 16.7 Å². The highest BCUT2D eigenvalue weighted by atomic mass is 16.2. The van der Waals surface area contributed by atoms with Gasteiger partial charge in [0, 0.05) is 6.54 Å². The van der Waals surface area contributed by atoms with Gasteiger partial charge in [-0.05, 0) is 57.8 Å². The minimum Gasteiger partial charge on any atom is -0.349 e. The van der Waals surface area contributed by atoms with Crippen LogP contribution in [0.5, 0.6) is 0 Å². The Morgan fingerprint density at radius 1 is 1.43 bits per heavy atom. The van der Waals surface area contributed by atoms with Gasteiger partial charge in [-0.2, -0.15) is 0 Å². The van der Waals surface area contributed by atoms with Gasteiger partial charge >= 0.3 is 0 Å². The zero-order valence-corrected chi connectivity index (χ0v) is 13.8. The predicted octanol–water partition coefficient (Wildman–Crippen LogP) is 3.21. The van der Waals surface area contributed by atoms with Gasteiger partial charge in [-0.15, -0.1) is 0 Å². The summed E-state index contributed by atoms with van der Waals surface area (Å²) in [6.07, 6.45) is 3.06. The van der Waals surface area contributed by atoms with E-state index in [-0.39, 0.29) is 17.9 Å². The Morgan fingerprint density at radius 2 is 2.19 bits per heavy atom. The lowest BCUT2D eigenvalue weighted by molar-refractivity contribution is -0.127. The van der Waals surface area contributed by atoms with Crippen LogP contribution in [-0.2, 0) is 4.79 Å². The van der Waals surface area contributed by atoms with Crippen molar-refractivity contribution in [2.75, 3.05) is 20.1 Å². The fraction of sp³-hybridized carbons (Fsp3) is 0.611. The lowest BCUT2D eigenvalue weighted by Crippen LogP contribution is -2.42. The van der Waals surface area contributed by atoms with Gasteiger partial charge in [0.15, 0.2) is 0 Å². The van der Waals surface area contributed by atoms with Crippen molar-refractivity contribution in [2.45, 2.75) is 46.1 Å². The summed E-state index contributed by atoms with van der Waals surface area (Å²) in [5.41, 5.74) is 3.79. The van der Waals surface area contributed by atoms with Gasteiger partial charge < -0.3 is 10.2 Å². The molecule has 0 bridgehead atoms. The maximum atomic E-state index is 12.5. The van der Waals surface area contributed by atoms with Crippen LogP contribution in [0.25, 0.3) is 0 Å². The third kappa shape index (κ3) is 4.07. The van der Waals surface area contributed by atoms with Gasteiger partial charge in [0.2, 0.25) is 5.91 Å². The van der Waals surface area contributed by atoms with E-state index in [4.69, 9.17) is 0 Å². The highest BCUT2D eigenvalue weighted by Gasteiger charge is 2.26. The molecular formula is C18H28N2O. The second kappa shape index (κ2) is 7.08. The first-order chi connectivity index (χ1) is 10.0. The minimum atomic E-state index is 0.130. The van der Waals surface area contributed by atoms with Crippen LogP contribution >= 0.6 is 0 Å². The average molecular weight is 288 g/mol. The standard InChI is InChI=1S/C18H28N2O/c1-5-17(16-9-8-13(2)11-14(16)3)19-18(21)15-7-6-10-20(4)12-15/h8-9,11,15,17H,5-7,10,12H2,1-4H3,(H,19,21)/t15-,17+/m1/s1. The number of aryl methyl sites for hydroxylation is 2. The van der Waals surface area contributed by atoms with Crippen molar-refractivity contribution >= 4 is 5.91 Å². The van der Waals surface area contributed by atoms with Gasteiger partial charge in [-0.3, -0.25) is 4.79 Å². The van der Waals surface area contributed by atoms with Crippen molar-refractivity contribution in [2.24, 2.45) is 5.92 Å². The van der Waals surface area contributed by atoms with Crippen molar-refractivity contribution in [3.63, 3.8) is 0 Å². The Hall–Kier alpha value is -1.35. The van der Waals surface area contributed by atoms with E-state index in [0.29, 0.717) is 0 Å². The molecular weight excluding hydrogens is 260 g/mol. The Bertz CT molecular complexity index is 498. The van der Waals surface area contributed by atoms with E-state index in [0.717, 1.165) is 32.4 Å². The predicted molar refractivity (Wildman–Crippen MR) is 87.3 cm³/mol. The number of nitrogens with zero attached hydrogens (tertiary/aromatic N) is 1. The number of carbonyl (C=O) groups is 1. The number of rotatable bonds is 4. The molecule has 1 aromatic rings. The number of nitrogens with one attached hydrogen (secondary N) is 1. The van der Waals surface area contributed by atoms with Crippen LogP contribution in [0.4, 0.5) is 0 Å². The first-order valence-corrected chi connectivity index (χ1v) is 8.07. The fourth-order valence-electron chi connectivity index (χ4n) is 3.29. The molecule has 1 N–H and O–H groups in total. The number of likely N-dealkylation sites (tertiary alicyclic amines) is 1. The number of piperidine rings is 1. The van der Waals surface area contributed by atoms with Crippen LogP contribution in [0.1, 0.15) is 48.9 Å². The molecule has 2 atom stereocenters. The third-order valence-corrected chi connectivity index (χ3v) is 4.52. The van der Waals surface area contributed by atoms with Crippen molar-refractivity contribution in [1.29, 1.82) is 0 Å². The van der Waals surface area contributed by atoms with E-state index in [1.54, 1.807) is 0 Å². The summed E-state index contributed by atoms with van der Waals surface area (Å²) < 4.78 is 0. The first-order valence-electron chi connectivity index (χ1n) is 8.07. The molecule has 116 valence electrons. The third-order valence-electron chi connectivity index (χ3n) is 4.52. The van der Waals surface area contributed by atoms with Crippen LogP contribution in [0, 0.1) is 19.8 Å². The van der Waals surface area contributed by atoms with Crippen molar-refractivity contribution in [1.82, 2.24) is 10.2 Å². The van der Waals surface area contributed by atoms with E-state index < -0.39 is 0 Å². The van der Waals surface area contributed by atoms with Crippen LogP contribution in [0.3, 0.4) is 0 Å². The van der Waals surface area contributed by atoms with E-state index in [2.05, 4.69) is 56.2 Å². The van der Waals surface area contributed by atoms with Gasteiger partial charge in [0.25, 0.3) is 0 Å². The smallest absolute Gasteiger partial charge is 0.224 e. The summed E-state index contributed by atoms with van der Waals surface area (Å²) in [5, 5.41) is 3.27. The number of amides is 1. The van der Waals surface area contributed by atoms with Crippen LogP contribution in [-0.4, -0.2) is 30.9 Å². The Balaban J connectivity index is 2.06. The normalized spacial score (nSPS) is 21.0. The molecule has 0 aromatic heterocycles. The zero-order chi connectivity index (χ0) is 15.4. The highest BCUT2D eigenvalue weighted by Crippen LogP contribution is 2.23. The monoisotopic (exact) mass is 288 g/mol. The van der Waals surface area contributed by atoms with E-state index >= 15 is 0 Å². The molecule has 1 aliphatic heterocycles. The molecule has 0 spiro atoms. The Labute approximate surface area is 128 Å². The van der Waals surface area contributed by atoms with Gasteiger partial charge in [0.05, 0.1) is 12.0 Å². The summed E-state index contributed by atoms with van der Waals surface area (Å²) in [4.78, 5) is 14.8. The number of hydrogen-bond donors (Lipinski definition) is 1. The molecule has 3 heteroatoms. The minimum absolute atomic E-state index is 0.130. The zero-order valence-electron chi connectivity index (χ0n) is 13.8. The topological polar surface area (TPSA) is 32.3 Å². The van der Waals surface area contributed by atoms with Gasteiger partial charge in [0.1, 0.15) is 0 Å². The van der Waals surface area contributed by atoms with Crippen molar-refractivity contribution < 1.29 is 4.79 Å². The summed E-state index contributed by atoms with van der Waals surface area (Å²) in [6.45, 7) is 8.37. The molecule has 1 saturated heterocycles. The van der Waals surface area contributed by atoms with Crippen molar-refractivity contribution in [3.05, 3.63) is 34.9 Å². The maximum Gasteiger partial charge on any atom is 0.224 e. The summed E-state index contributed by atoms with van der Waals surface area (Å²) >= 11 is 0. The molecule has 1 aliphatic rings. The summed E-state index contributed by atoms with van der Waals surface area (Å²) in [5.74, 6) is 0.358. The maximum absolute atomic E-state index is 12.5. The highest BCUT2D eigenvalue weighted by molar-refractivity contribution is 5.79. The number of hydrogen-bond acceptors (Lipinski definition) is 2. The lowest BCUT2D eigenvalue weighted by atomic mass is 9.94. The van der Waals surface area contributed by atoms with Gasteiger partial charge in [-0.25, -0.2) is 0 Å². The second-order valence-electron chi connectivity index (χ2n) is 6.43. The van der Waals surface area contributed by atoms with Gasteiger partial charge in [-0.1, -0.05) is 30.7 Å². The quantitative estimate of drug-likeness (QED) is 0.922. The molecule has 1 heterocycles. The molecule has 0 saturated carbocycles. The van der Waals surface area contributed by atoms with Crippen LogP contribution in [0.15, 0.2) is 18.2 Å². The molecule has 0 aliphatic carbocycles. The molecule has 21 heavy (non-hydrogen) atoms. The Kier molecular flexibility index (Phi) is 5.40. The number of benzene rings is 1. The largest absolute Gasteiger partial charge is 0.349 e. The summed E-state index contributed by atoms with van der Waals surface area (Å²) in [6, 6.07) is 6.61. The van der Waals surface area contributed by atoms with E-state index in [9.17, 15) is 4.79 Å². The first kappa shape index (κ1) is 16.0. The fourth-order valence-corrected chi connectivity index (χ4v) is 3.29. The molecule has 1 aromatic carbocycles. The van der Waals surface area contributed by atoms with Crippen LogP contribution < -0.4 is 5.32 Å². The second-order valence-corrected chi connectivity index (χ2v) is 6.43. The molecule has 1 fully saturated rings. The molecule has 2 rings (SSSR count). The molecule has 0 unspecified atom stereocenters. The SMILES string of the molecule is CC[C@H](NC(=O)[C@@H]1CCCN(C)C1)c1ccc(C)cc1C. The van der Waals surface area contributed by atoms with E-state index in [1.807, 2.05) is 0 Å². The van der Waals surface area contributed by atoms with Crippen molar-refractivity contribution in [3.8, 4) is 0 Å².